The summed E-state index contributed by atoms with van der Waals surface area (Å²) in [5.74, 6) is 0. The van der Waals surface area contributed by atoms with E-state index in [1.54, 1.807) is 13.1 Å². The highest BCUT2D eigenvalue weighted by atomic mass is 79.9. The molecule has 3 nitrogen and oxygen atoms in total. The van der Waals surface area contributed by atoms with Crippen molar-refractivity contribution in [2.75, 3.05) is 0 Å². The summed E-state index contributed by atoms with van der Waals surface area (Å²) in [4.78, 5) is 0. The second kappa shape index (κ2) is 4.63. The average molecular weight is 295 g/mol. The van der Waals surface area contributed by atoms with Gasteiger partial charge in [0.05, 0.1) is 6.20 Å². The summed E-state index contributed by atoms with van der Waals surface area (Å²) in [6, 6.07) is 7.67. The molecule has 4 heteroatoms. The van der Waals surface area contributed by atoms with Crippen LogP contribution in [0.15, 0.2) is 41.1 Å². The van der Waals surface area contributed by atoms with E-state index in [1.165, 1.54) is 0 Å². The van der Waals surface area contributed by atoms with Crippen LogP contribution in [0.2, 0.25) is 0 Å². The second-order valence-electron chi connectivity index (χ2n) is 4.16. The van der Waals surface area contributed by atoms with Gasteiger partial charge in [0.15, 0.2) is 0 Å². The molecule has 0 saturated carbocycles. The van der Waals surface area contributed by atoms with Crippen molar-refractivity contribution in [1.82, 2.24) is 9.78 Å². The Morgan fingerprint density at radius 1 is 1.29 bits per heavy atom. The highest BCUT2D eigenvalue weighted by Crippen LogP contribution is 2.29. The molecule has 0 aliphatic rings. The molecule has 1 aromatic carbocycles. The molecular formula is C13H15BrN2O. The van der Waals surface area contributed by atoms with Crippen molar-refractivity contribution in [2.45, 2.75) is 26.0 Å². The molecule has 90 valence electrons. The zero-order chi connectivity index (χ0) is 12.5. The molecule has 1 atom stereocenters. The van der Waals surface area contributed by atoms with E-state index in [0.717, 1.165) is 22.1 Å². The van der Waals surface area contributed by atoms with Crippen LogP contribution >= 0.6 is 15.9 Å². The summed E-state index contributed by atoms with van der Waals surface area (Å²) >= 11 is 3.39. The van der Waals surface area contributed by atoms with Crippen LogP contribution in [0, 0.1) is 0 Å². The van der Waals surface area contributed by atoms with Crippen LogP contribution in [0.5, 0.6) is 0 Å². The van der Waals surface area contributed by atoms with E-state index < -0.39 is 5.60 Å². The number of benzene rings is 1. The number of hydrogen-bond acceptors (Lipinski definition) is 2. The zero-order valence-electron chi connectivity index (χ0n) is 9.89. The van der Waals surface area contributed by atoms with E-state index in [9.17, 15) is 5.11 Å². The van der Waals surface area contributed by atoms with Crippen LogP contribution in [-0.2, 0) is 12.1 Å². The van der Waals surface area contributed by atoms with Gasteiger partial charge in [0.1, 0.15) is 5.60 Å². The summed E-state index contributed by atoms with van der Waals surface area (Å²) in [5.41, 5.74) is 0.659. The van der Waals surface area contributed by atoms with E-state index >= 15 is 0 Å². The molecule has 1 N–H and O–H groups in total. The first-order valence-corrected chi connectivity index (χ1v) is 6.34. The number of aromatic nitrogens is 2. The molecule has 0 aliphatic carbocycles. The fourth-order valence-corrected chi connectivity index (χ4v) is 1.99. The molecule has 0 fully saturated rings. The summed E-state index contributed by atoms with van der Waals surface area (Å²) in [7, 11) is 0. The Balaban J connectivity index is 2.37. The van der Waals surface area contributed by atoms with Crippen LogP contribution < -0.4 is 0 Å². The molecule has 1 aromatic heterocycles. The van der Waals surface area contributed by atoms with Gasteiger partial charge in [-0.25, -0.2) is 0 Å². The lowest BCUT2D eigenvalue weighted by atomic mass is 9.90. The maximum Gasteiger partial charge on any atom is 0.115 e. The minimum absolute atomic E-state index is 0.802. The normalized spacial score (nSPS) is 14.6. The van der Waals surface area contributed by atoms with Gasteiger partial charge < -0.3 is 5.11 Å². The van der Waals surface area contributed by atoms with E-state index in [4.69, 9.17) is 0 Å². The van der Waals surface area contributed by atoms with Crippen molar-refractivity contribution in [3.63, 3.8) is 0 Å². The predicted octanol–water partition coefficient (Wildman–Crippen LogP) is 2.92. The van der Waals surface area contributed by atoms with Crippen LogP contribution in [0.1, 0.15) is 25.0 Å². The van der Waals surface area contributed by atoms with Gasteiger partial charge in [-0.3, -0.25) is 4.68 Å². The lowest BCUT2D eigenvalue weighted by molar-refractivity contribution is 0.102. The SMILES string of the molecule is CCn1cc(C(C)(O)c2ccc(Br)cc2)cn1. The quantitative estimate of drug-likeness (QED) is 0.945. The first-order chi connectivity index (χ1) is 8.04. The van der Waals surface area contributed by atoms with Gasteiger partial charge in [-0.2, -0.15) is 5.10 Å². The topological polar surface area (TPSA) is 38.0 Å². The van der Waals surface area contributed by atoms with Gasteiger partial charge in [0, 0.05) is 22.8 Å². The molecule has 1 heterocycles. The summed E-state index contributed by atoms with van der Waals surface area (Å²) in [5, 5.41) is 14.8. The fourth-order valence-electron chi connectivity index (χ4n) is 1.73. The first kappa shape index (κ1) is 12.3. The fraction of sp³-hybridized carbons (Fsp3) is 0.308. The third-order valence-corrected chi connectivity index (χ3v) is 3.45. The van der Waals surface area contributed by atoms with Gasteiger partial charge >= 0.3 is 0 Å². The van der Waals surface area contributed by atoms with Gasteiger partial charge in [0.25, 0.3) is 0 Å². The molecule has 2 aromatic rings. The molecular weight excluding hydrogens is 280 g/mol. The summed E-state index contributed by atoms with van der Waals surface area (Å²) in [6.07, 6.45) is 3.59. The lowest BCUT2D eigenvalue weighted by Gasteiger charge is -2.22. The van der Waals surface area contributed by atoms with Crippen molar-refractivity contribution < 1.29 is 5.11 Å². The number of aryl methyl sites for hydroxylation is 1. The number of aliphatic hydroxyl groups is 1. The van der Waals surface area contributed by atoms with Crippen molar-refractivity contribution in [3.05, 3.63) is 52.3 Å². The molecule has 1 unspecified atom stereocenters. The minimum Gasteiger partial charge on any atom is -0.381 e. The van der Waals surface area contributed by atoms with Crippen molar-refractivity contribution in [1.29, 1.82) is 0 Å². The Bertz CT molecular complexity index is 502. The van der Waals surface area contributed by atoms with Gasteiger partial charge in [-0.15, -0.1) is 0 Å². The van der Waals surface area contributed by atoms with E-state index in [2.05, 4.69) is 21.0 Å². The van der Waals surface area contributed by atoms with E-state index in [1.807, 2.05) is 42.1 Å². The third-order valence-electron chi connectivity index (χ3n) is 2.93. The van der Waals surface area contributed by atoms with Crippen LogP contribution in [-0.4, -0.2) is 14.9 Å². The monoisotopic (exact) mass is 294 g/mol. The van der Waals surface area contributed by atoms with E-state index in [-0.39, 0.29) is 0 Å². The average Bonchev–Trinajstić information content (AvgIpc) is 2.78. The smallest absolute Gasteiger partial charge is 0.115 e. The molecule has 0 bridgehead atoms. The standard InChI is InChI=1S/C13H15BrN2O/c1-3-16-9-11(8-15-16)13(2,17)10-4-6-12(14)7-5-10/h4-9,17H,3H2,1-2H3. The number of halogens is 1. The highest BCUT2D eigenvalue weighted by molar-refractivity contribution is 9.10. The Labute approximate surface area is 109 Å². The zero-order valence-corrected chi connectivity index (χ0v) is 11.5. The Hall–Kier alpha value is -1.13. The third kappa shape index (κ3) is 2.42. The molecule has 0 spiro atoms. The lowest BCUT2D eigenvalue weighted by Crippen LogP contribution is -2.22. The highest BCUT2D eigenvalue weighted by Gasteiger charge is 2.26. The Morgan fingerprint density at radius 3 is 2.47 bits per heavy atom. The number of hydrogen-bond donors (Lipinski definition) is 1. The van der Waals surface area contributed by atoms with Crippen LogP contribution in [0.3, 0.4) is 0 Å². The first-order valence-electron chi connectivity index (χ1n) is 5.55. The Kier molecular flexibility index (Phi) is 3.35. The molecule has 0 saturated heterocycles. The molecule has 0 aliphatic heterocycles. The largest absolute Gasteiger partial charge is 0.381 e. The molecule has 17 heavy (non-hydrogen) atoms. The van der Waals surface area contributed by atoms with Crippen molar-refractivity contribution >= 4 is 15.9 Å². The van der Waals surface area contributed by atoms with E-state index in [0.29, 0.717) is 0 Å². The molecule has 0 amide bonds. The minimum atomic E-state index is -1.01. The Morgan fingerprint density at radius 2 is 1.94 bits per heavy atom. The van der Waals surface area contributed by atoms with Crippen molar-refractivity contribution in [2.24, 2.45) is 0 Å². The maximum atomic E-state index is 10.6. The maximum absolute atomic E-state index is 10.6. The van der Waals surface area contributed by atoms with Gasteiger partial charge in [-0.1, -0.05) is 28.1 Å². The van der Waals surface area contributed by atoms with Gasteiger partial charge in [-0.05, 0) is 31.5 Å². The number of nitrogens with zero attached hydrogens (tertiary/aromatic N) is 2. The molecule has 2 rings (SSSR count). The van der Waals surface area contributed by atoms with Gasteiger partial charge in [0.2, 0.25) is 0 Å². The van der Waals surface area contributed by atoms with Crippen LogP contribution in [0.4, 0.5) is 0 Å². The van der Waals surface area contributed by atoms with Crippen molar-refractivity contribution in [3.8, 4) is 0 Å². The number of rotatable bonds is 3. The predicted molar refractivity (Wildman–Crippen MR) is 70.7 cm³/mol. The molecule has 0 radical (unpaired) electrons. The van der Waals surface area contributed by atoms with Crippen LogP contribution in [0.25, 0.3) is 0 Å². The summed E-state index contributed by atoms with van der Waals surface area (Å²) in [6.45, 7) is 4.61. The summed E-state index contributed by atoms with van der Waals surface area (Å²) < 4.78 is 2.81. The second-order valence-corrected chi connectivity index (χ2v) is 5.08.